The van der Waals surface area contributed by atoms with Gasteiger partial charge >= 0.3 is 6.09 Å². The van der Waals surface area contributed by atoms with Crippen LogP contribution in [0.5, 0.6) is 5.75 Å². The zero-order valence-corrected chi connectivity index (χ0v) is 24.5. The van der Waals surface area contributed by atoms with Crippen molar-refractivity contribution >= 4 is 27.9 Å². The number of benzene rings is 3. The Bertz CT molecular complexity index is 1330. The standard InChI is InChI=1S/C33H35BrN2O5/c34-27-16-14-26(15-17-27)21-39-30-19-28-23-40-29-12-7-11-24(18-29)8-3-2-6-13-31(32(37)36(28)20-30)35-33(38)41-22-25-9-4-1-5-10-25/h1-2,4-7,9-12,14-18,28,30-31H,3,8,13,19-23H2,(H,35,38)/t28-,30-,31-/m0/s1. The van der Waals surface area contributed by atoms with Crippen molar-refractivity contribution in [3.63, 3.8) is 0 Å². The van der Waals surface area contributed by atoms with Crippen molar-refractivity contribution in [2.45, 2.75) is 57.1 Å². The lowest BCUT2D eigenvalue weighted by Gasteiger charge is -2.29. The second-order valence-electron chi connectivity index (χ2n) is 10.4. The minimum absolute atomic E-state index is 0.132. The molecule has 3 aromatic carbocycles. The number of carbonyl (C=O) groups excluding carboxylic acids is 2. The fourth-order valence-electron chi connectivity index (χ4n) is 5.13. The Kier molecular flexibility index (Phi) is 10.1. The van der Waals surface area contributed by atoms with Crippen molar-refractivity contribution in [2.75, 3.05) is 13.2 Å². The lowest BCUT2D eigenvalue weighted by Crippen LogP contribution is -2.51. The molecule has 1 fully saturated rings. The molecule has 214 valence electrons. The van der Waals surface area contributed by atoms with Gasteiger partial charge in [-0.25, -0.2) is 4.79 Å². The minimum atomic E-state index is -0.761. The van der Waals surface area contributed by atoms with Crippen LogP contribution in [0.15, 0.2) is 95.5 Å². The molecule has 2 bridgehead atoms. The van der Waals surface area contributed by atoms with E-state index in [1.807, 2.05) is 72.8 Å². The van der Waals surface area contributed by atoms with Crippen molar-refractivity contribution in [1.82, 2.24) is 10.2 Å². The van der Waals surface area contributed by atoms with Crippen LogP contribution in [0.25, 0.3) is 0 Å². The summed E-state index contributed by atoms with van der Waals surface area (Å²) < 4.78 is 18.9. The van der Waals surface area contributed by atoms with Gasteiger partial charge in [-0.3, -0.25) is 4.79 Å². The topological polar surface area (TPSA) is 77.1 Å². The highest BCUT2D eigenvalue weighted by Gasteiger charge is 2.39. The molecule has 5 rings (SSSR count). The Balaban J connectivity index is 1.30. The van der Waals surface area contributed by atoms with Gasteiger partial charge in [0, 0.05) is 11.0 Å². The molecular formula is C33H35BrN2O5. The van der Waals surface area contributed by atoms with E-state index in [-0.39, 0.29) is 24.7 Å². The Morgan fingerprint density at radius 3 is 2.61 bits per heavy atom. The predicted octanol–water partition coefficient (Wildman–Crippen LogP) is 6.20. The molecule has 2 heterocycles. The first kappa shape index (κ1) is 28.9. The van der Waals surface area contributed by atoms with E-state index in [1.54, 1.807) is 4.90 Å². The van der Waals surface area contributed by atoms with E-state index in [1.165, 1.54) is 5.56 Å². The zero-order valence-electron chi connectivity index (χ0n) is 22.9. The number of hydrogen-bond acceptors (Lipinski definition) is 5. The molecule has 3 aromatic rings. The number of aryl methyl sites for hydroxylation is 1. The maximum Gasteiger partial charge on any atom is 0.408 e. The Morgan fingerprint density at radius 2 is 1.78 bits per heavy atom. The third kappa shape index (κ3) is 8.44. The predicted molar refractivity (Wildman–Crippen MR) is 160 cm³/mol. The van der Waals surface area contributed by atoms with Crippen LogP contribution in [0.3, 0.4) is 0 Å². The molecule has 0 radical (unpaired) electrons. The normalized spacial score (nSPS) is 21.0. The van der Waals surface area contributed by atoms with E-state index in [9.17, 15) is 9.59 Å². The fourth-order valence-corrected chi connectivity index (χ4v) is 5.39. The van der Waals surface area contributed by atoms with Gasteiger partial charge < -0.3 is 24.4 Å². The van der Waals surface area contributed by atoms with E-state index in [4.69, 9.17) is 14.2 Å². The first-order chi connectivity index (χ1) is 20.0. The van der Waals surface area contributed by atoms with E-state index in [2.05, 4.69) is 39.5 Å². The fraction of sp³-hybridized carbons (Fsp3) is 0.333. The van der Waals surface area contributed by atoms with Gasteiger partial charge in [0.1, 0.15) is 25.0 Å². The Labute approximate surface area is 249 Å². The molecule has 2 aliphatic heterocycles. The number of halogens is 1. The lowest BCUT2D eigenvalue weighted by molar-refractivity contribution is -0.135. The maximum atomic E-state index is 13.9. The van der Waals surface area contributed by atoms with E-state index in [0.717, 1.165) is 34.2 Å². The van der Waals surface area contributed by atoms with E-state index < -0.39 is 12.1 Å². The van der Waals surface area contributed by atoms with Crippen LogP contribution in [-0.2, 0) is 33.9 Å². The number of ether oxygens (including phenoxy) is 3. The highest BCUT2D eigenvalue weighted by Crippen LogP contribution is 2.25. The molecule has 8 heteroatoms. The van der Waals surface area contributed by atoms with Gasteiger partial charge in [0.05, 0.1) is 18.8 Å². The molecule has 0 spiro atoms. The summed E-state index contributed by atoms with van der Waals surface area (Å²) in [4.78, 5) is 28.5. The molecule has 0 saturated carbocycles. The summed E-state index contributed by atoms with van der Waals surface area (Å²) in [5.41, 5.74) is 3.14. The molecule has 2 amide bonds. The third-order valence-corrected chi connectivity index (χ3v) is 7.87. The maximum absolute atomic E-state index is 13.9. The number of alkyl carbamates (subject to hydrolysis) is 1. The van der Waals surface area contributed by atoms with Crippen molar-refractivity contribution in [3.8, 4) is 5.75 Å². The number of rotatable bonds is 6. The summed E-state index contributed by atoms with van der Waals surface area (Å²) in [6, 6.07) is 24.6. The van der Waals surface area contributed by atoms with Crippen molar-refractivity contribution in [2.24, 2.45) is 0 Å². The second kappa shape index (κ2) is 14.3. The number of allylic oxidation sites excluding steroid dienone is 1. The summed E-state index contributed by atoms with van der Waals surface area (Å²) in [5.74, 6) is 0.620. The first-order valence-electron chi connectivity index (χ1n) is 14.0. The van der Waals surface area contributed by atoms with Crippen LogP contribution in [0, 0.1) is 0 Å². The van der Waals surface area contributed by atoms with Gasteiger partial charge in [0.2, 0.25) is 5.91 Å². The largest absolute Gasteiger partial charge is 0.491 e. The molecule has 1 N–H and O–H groups in total. The zero-order chi connectivity index (χ0) is 28.4. The number of nitrogens with zero attached hydrogens (tertiary/aromatic N) is 1. The number of hydrogen-bond donors (Lipinski definition) is 1. The summed E-state index contributed by atoms with van der Waals surface area (Å²) in [7, 11) is 0. The molecule has 3 atom stereocenters. The van der Waals surface area contributed by atoms with Crippen LogP contribution >= 0.6 is 15.9 Å². The smallest absolute Gasteiger partial charge is 0.408 e. The highest BCUT2D eigenvalue weighted by atomic mass is 79.9. The number of fused-ring (bicyclic) bond motifs is 3. The molecule has 2 aliphatic rings. The summed E-state index contributed by atoms with van der Waals surface area (Å²) in [5, 5.41) is 2.83. The average Bonchev–Trinajstić information content (AvgIpc) is 3.41. The third-order valence-electron chi connectivity index (χ3n) is 7.34. The lowest BCUT2D eigenvalue weighted by atomic mass is 10.1. The quantitative estimate of drug-likeness (QED) is 0.333. The average molecular weight is 620 g/mol. The molecule has 0 unspecified atom stereocenters. The molecule has 0 aromatic heterocycles. The summed E-state index contributed by atoms with van der Waals surface area (Å²) >= 11 is 3.47. The molecule has 41 heavy (non-hydrogen) atoms. The molecule has 0 aliphatic carbocycles. The van der Waals surface area contributed by atoms with Crippen molar-refractivity contribution in [1.29, 1.82) is 0 Å². The monoisotopic (exact) mass is 618 g/mol. The van der Waals surface area contributed by atoms with Gasteiger partial charge in [-0.05, 0) is 66.6 Å². The first-order valence-corrected chi connectivity index (χ1v) is 14.8. The van der Waals surface area contributed by atoms with Crippen molar-refractivity contribution < 1.29 is 23.8 Å². The van der Waals surface area contributed by atoms with Gasteiger partial charge in [-0.2, -0.15) is 0 Å². The second-order valence-corrected chi connectivity index (χ2v) is 11.3. The van der Waals surface area contributed by atoms with Gasteiger partial charge in [0.15, 0.2) is 0 Å². The van der Waals surface area contributed by atoms with Crippen LogP contribution in [0.4, 0.5) is 4.79 Å². The van der Waals surface area contributed by atoms with Gasteiger partial charge in [-0.1, -0.05) is 82.7 Å². The van der Waals surface area contributed by atoms with Crippen LogP contribution in [-0.4, -0.2) is 48.2 Å². The minimum Gasteiger partial charge on any atom is -0.491 e. The van der Waals surface area contributed by atoms with Crippen LogP contribution in [0.1, 0.15) is 36.0 Å². The van der Waals surface area contributed by atoms with Gasteiger partial charge in [-0.15, -0.1) is 0 Å². The Morgan fingerprint density at radius 1 is 0.976 bits per heavy atom. The number of amides is 2. The summed E-state index contributed by atoms with van der Waals surface area (Å²) in [6.45, 7) is 1.35. The van der Waals surface area contributed by atoms with Crippen molar-refractivity contribution in [3.05, 3.63) is 112 Å². The molecule has 7 nitrogen and oxygen atoms in total. The SMILES string of the molecule is O=C(N[C@H]1CC=CCCc2cccc(c2)OC[C@@H]2C[C@H](OCc3ccc(Br)cc3)CN2C1=O)OCc1ccccc1. The van der Waals surface area contributed by atoms with Gasteiger partial charge in [0.25, 0.3) is 0 Å². The Hall–Kier alpha value is -3.62. The molecular weight excluding hydrogens is 584 g/mol. The van der Waals surface area contributed by atoms with E-state index >= 15 is 0 Å². The van der Waals surface area contributed by atoms with E-state index in [0.29, 0.717) is 32.6 Å². The summed E-state index contributed by atoms with van der Waals surface area (Å²) in [6.07, 6.45) is 5.95. The molecule has 1 saturated heterocycles. The van der Waals surface area contributed by atoms with Crippen LogP contribution in [0.2, 0.25) is 0 Å². The van der Waals surface area contributed by atoms with Crippen LogP contribution < -0.4 is 10.1 Å². The number of nitrogens with one attached hydrogen (secondary N) is 1. The number of carbonyl (C=O) groups is 2. The highest BCUT2D eigenvalue weighted by molar-refractivity contribution is 9.10.